The smallest absolute Gasteiger partial charge is 0.243 e. The van der Waals surface area contributed by atoms with Gasteiger partial charge in [-0.05, 0) is 37.0 Å². The molecule has 2 aromatic carbocycles. The fourth-order valence-corrected chi connectivity index (χ4v) is 4.47. The zero-order valence-electron chi connectivity index (χ0n) is 18.6. The van der Waals surface area contributed by atoms with Crippen molar-refractivity contribution in [1.82, 2.24) is 10.2 Å². The lowest BCUT2D eigenvalue weighted by molar-refractivity contribution is -0.142. The molecule has 1 N–H and O–H groups in total. The molecular formula is C26H30N2O3. The van der Waals surface area contributed by atoms with Gasteiger partial charge < -0.3 is 14.6 Å². The second-order valence-corrected chi connectivity index (χ2v) is 8.93. The minimum atomic E-state index is -0.520. The van der Waals surface area contributed by atoms with Gasteiger partial charge in [0, 0.05) is 30.3 Å². The number of hydrogen-bond acceptors (Lipinski definition) is 3. The molecular weight excluding hydrogens is 388 g/mol. The third kappa shape index (κ3) is 4.22. The molecule has 31 heavy (non-hydrogen) atoms. The molecule has 1 aliphatic rings. The number of amides is 2. The van der Waals surface area contributed by atoms with Gasteiger partial charge in [-0.1, -0.05) is 56.3 Å². The first-order valence-corrected chi connectivity index (χ1v) is 11.0. The van der Waals surface area contributed by atoms with E-state index < -0.39 is 6.04 Å². The quantitative estimate of drug-likeness (QED) is 0.640. The van der Waals surface area contributed by atoms with Crippen molar-refractivity contribution in [1.29, 1.82) is 0 Å². The maximum atomic E-state index is 13.4. The number of para-hydroxylation sites is 1. The van der Waals surface area contributed by atoms with E-state index in [1.54, 1.807) is 4.90 Å². The van der Waals surface area contributed by atoms with Gasteiger partial charge in [-0.15, -0.1) is 0 Å². The number of nitrogens with one attached hydrogen (secondary N) is 1. The topological polar surface area (TPSA) is 62.6 Å². The van der Waals surface area contributed by atoms with Gasteiger partial charge in [-0.25, -0.2) is 0 Å². The molecule has 5 heteroatoms. The Morgan fingerprint density at radius 2 is 1.74 bits per heavy atom. The predicted octanol–water partition coefficient (Wildman–Crippen LogP) is 4.92. The number of carbonyl (C=O) groups is 2. The summed E-state index contributed by atoms with van der Waals surface area (Å²) in [4.78, 5) is 28.1. The summed E-state index contributed by atoms with van der Waals surface area (Å²) in [6, 6.07) is 15.1. The highest BCUT2D eigenvalue weighted by atomic mass is 16.3. The monoisotopic (exact) mass is 418 g/mol. The second-order valence-electron chi connectivity index (χ2n) is 8.93. The van der Waals surface area contributed by atoms with Crippen LogP contribution < -0.4 is 5.32 Å². The largest absolute Gasteiger partial charge is 0.459 e. The number of benzene rings is 2. The molecule has 5 nitrogen and oxygen atoms in total. The molecule has 2 amide bonds. The Hall–Kier alpha value is -3.08. The summed E-state index contributed by atoms with van der Waals surface area (Å²) in [7, 11) is 0. The number of nitrogens with zero attached hydrogens (tertiary/aromatic N) is 1. The van der Waals surface area contributed by atoms with Gasteiger partial charge in [0.15, 0.2) is 0 Å². The predicted molar refractivity (Wildman–Crippen MR) is 121 cm³/mol. The Bertz CT molecular complexity index is 1110. The average Bonchev–Trinajstić information content (AvgIpc) is 3.09. The maximum Gasteiger partial charge on any atom is 0.243 e. The summed E-state index contributed by atoms with van der Waals surface area (Å²) in [6.45, 7) is 8.46. The van der Waals surface area contributed by atoms with Gasteiger partial charge in [0.2, 0.25) is 11.8 Å². The number of fused-ring (bicyclic) bond motifs is 2. The van der Waals surface area contributed by atoms with E-state index in [0.717, 1.165) is 33.4 Å². The van der Waals surface area contributed by atoms with Gasteiger partial charge in [0.1, 0.15) is 17.4 Å². The van der Waals surface area contributed by atoms with Crippen LogP contribution in [0.2, 0.25) is 0 Å². The van der Waals surface area contributed by atoms with Gasteiger partial charge >= 0.3 is 0 Å². The highest BCUT2D eigenvalue weighted by Gasteiger charge is 2.35. The highest BCUT2D eigenvalue weighted by Crippen LogP contribution is 2.30. The van der Waals surface area contributed by atoms with Gasteiger partial charge in [-0.3, -0.25) is 9.59 Å². The van der Waals surface area contributed by atoms with E-state index in [2.05, 4.69) is 5.32 Å². The van der Waals surface area contributed by atoms with Crippen LogP contribution in [0.3, 0.4) is 0 Å². The normalized spacial score (nSPS) is 16.9. The van der Waals surface area contributed by atoms with Gasteiger partial charge in [-0.2, -0.15) is 0 Å². The molecule has 162 valence electrons. The number of aryl methyl sites for hydroxylation is 1. The van der Waals surface area contributed by atoms with E-state index in [9.17, 15) is 9.59 Å². The van der Waals surface area contributed by atoms with Crippen molar-refractivity contribution in [3.63, 3.8) is 0 Å². The van der Waals surface area contributed by atoms with Crippen molar-refractivity contribution >= 4 is 22.8 Å². The number of carbonyl (C=O) groups excluding carboxylic acids is 2. The molecule has 0 saturated heterocycles. The van der Waals surface area contributed by atoms with E-state index >= 15 is 0 Å². The molecule has 0 bridgehead atoms. The van der Waals surface area contributed by atoms with Crippen LogP contribution in [-0.2, 0) is 22.6 Å². The van der Waals surface area contributed by atoms with Crippen LogP contribution >= 0.6 is 0 Å². The zero-order chi connectivity index (χ0) is 22.1. The SMILES string of the molecule is Cc1c(C(C)NC(=O)C2Cc3ccccc3CN2C(=O)CC(C)C)oc2ccccc12. The van der Waals surface area contributed by atoms with Crippen molar-refractivity contribution in [3.8, 4) is 0 Å². The van der Waals surface area contributed by atoms with Crippen molar-refractivity contribution in [2.75, 3.05) is 0 Å². The Morgan fingerprint density at radius 3 is 2.45 bits per heavy atom. The number of hydrogen-bond donors (Lipinski definition) is 1. The lowest BCUT2D eigenvalue weighted by Gasteiger charge is -2.37. The molecule has 0 saturated carbocycles. The van der Waals surface area contributed by atoms with E-state index in [-0.39, 0.29) is 23.8 Å². The number of rotatable bonds is 5. The van der Waals surface area contributed by atoms with Crippen molar-refractivity contribution in [3.05, 3.63) is 71.0 Å². The summed E-state index contributed by atoms with van der Waals surface area (Å²) in [5, 5.41) is 4.16. The Balaban J connectivity index is 1.58. The van der Waals surface area contributed by atoms with Crippen LogP contribution in [0, 0.1) is 12.8 Å². The Labute approximate surface area is 183 Å². The fourth-order valence-electron chi connectivity index (χ4n) is 4.47. The molecule has 1 aliphatic heterocycles. The van der Waals surface area contributed by atoms with Crippen LogP contribution in [0.15, 0.2) is 52.9 Å². The minimum absolute atomic E-state index is 0.0252. The lowest BCUT2D eigenvalue weighted by Crippen LogP contribution is -2.53. The summed E-state index contributed by atoms with van der Waals surface area (Å²) < 4.78 is 6.04. The molecule has 2 unspecified atom stereocenters. The van der Waals surface area contributed by atoms with Crippen LogP contribution in [0.1, 0.15) is 55.7 Å². The third-order valence-corrected chi connectivity index (χ3v) is 6.09. The first kappa shape index (κ1) is 21.2. The molecule has 1 aromatic heterocycles. The maximum absolute atomic E-state index is 13.4. The zero-order valence-corrected chi connectivity index (χ0v) is 18.6. The molecule has 0 fully saturated rings. The Kier molecular flexibility index (Phi) is 5.86. The summed E-state index contributed by atoms with van der Waals surface area (Å²) in [6.07, 6.45) is 0.960. The minimum Gasteiger partial charge on any atom is -0.459 e. The van der Waals surface area contributed by atoms with Crippen molar-refractivity contribution < 1.29 is 14.0 Å². The standard InChI is InChI=1S/C26H30N2O3/c1-16(2)13-24(29)28-15-20-10-6-5-9-19(20)14-22(28)26(30)27-18(4)25-17(3)21-11-7-8-12-23(21)31-25/h5-12,16,18,22H,13-15H2,1-4H3,(H,27,30). The molecule has 2 atom stereocenters. The highest BCUT2D eigenvalue weighted by molar-refractivity contribution is 5.89. The molecule has 0 radical (unpaired) electrons. The molecule has 2 heterocycles. The summed E-state index contributed by atoms with van der Waals surface area (Å²) in [5.74, 6) is 0.882. The molecule has 4 rings (SSSR count). The van der Waals surface area contributed by atoms with E-state index in [1.165, 1.54) is 0 Å². The van der Waals surface area contributed by atoms with Crippen molar-refractivity contribution in [2.24, 2.45) is 5.92 Å². The summed E-state index contributed by atoms with van der Waals surface area (Å²) >= 11 is 0. The first-order valence-electron chi connectivity index (χ1n) is 11.0. The fraction of sp³-hybridized carbons (Fsp3) is 0.385. The van der Waals surface area contributed by atoms with E-state index in [4.69, 9.17) is 4.42 Å². The Morgan fingerprint density at radius 1 is 1.06 bits per heavy atom. The average molecular weight is 419 g/mol. The molecule has 0 aliphatic carbocycles. The van der Waals surface area contributed by atoms with E-state index in [1.807, 2.05) is 76.2 Å². The van der Waals surface area contributed by atoms with Gasteiger partial charge in [0.25, 0.3) is 0 Å². The van der Waals surface area contributed by atoms with Crippen LogP contribution in [0.5, 0.6) is 0 Å². The van der Waals surface area contributed by atoms with Crippen LogP contribution in [-0.4, -0.2) is 22.8 Å². The van der Waals surface area contributed by atoms with Crippen LogP contribution in [0.4, 0.5) is 0 Å². The summed E-state index contributed by atoms with van der Waals surface area (Å²) in [5.41, 5.74) is 4.09. The van der Waals surface area contributed by atoms with Crippen LogP contribution in [0.25, 0.3) is 11.0 Å². The molecule has 0 spiro atoms. The lowest BCUT2D eigenvalue weighted by atomic mass is 9.92. The van der Waals surface area contributed by atoms with Gasteiger partial charge in [0.05, 0.1) is 6.04 Å². The number of furan rings is 1. The third-order valence-electron chi connectivity index (χ3n) is 6.09. The van der Waals surface area contributed by atoms with Crippen molar-refractivity contribution in [2.45, 2.75) is 59.2 Å². The first-order chi connectivity index (χ1) is 14.8. The molecule has 3 aromatic rings. The second kappa shape index (κ2) is 8.58. The van der Waals surface area contributed by atoms with E-state index in [0.29, 0.717) is 19.4 Å².